The number of thioether (sulfide) groups is 2. The third kappa shape index (κ3) is 3.49. The van der Waals surface area contributed by atoms with Crippen molar-refractivity contribution in [1.82, 2.24) is 34.7 Å². The number of pyridine rings is 1. The summed E-state index contributed by atoms with van der Waals surface area (Å²) in [5, 5.41) is 16.6. The molecule has 0 amide bonds. The van der Waals surface area contributed by atoms with E-state index in [1.54, 1.807) is 0 Å². The largest absolute Gasteiger partial charge is 0.336 e. The molecule has 22 heavy (non-hydrogen) atoms. The molecule has 0 fully saturated rings. The Morgan fingerprint density at radius 2 is 1.36 bits per heavy atom. The van der Waals surface area contributed by atoms with Gasteiger partial charge in [-0.05, 0) is 12.1 Å². The van der Waals surface area contributed by atoms with Gasteiger partial charge in [-0.1, -0.05) is 29.6 Å². The maximum atomic E-state index is 5.67. The first-order valence-electron chi connectivity index (χ1n) is 6.23. The molecule has 9 nitrogen and oxygen atoms in total. The number of hydrogen-bond acceptors (Lipinski definition) is 9. The minimum absolute atomic E-state index is 0.651. The fourth-order valence-electron chi connectivity index (χ4n) is 1.64. The van der Waals surface area contributed by atoms with Crippen molar-refractivity contribution in [3.05, 3.63) is 42.2 Å². The molecule has 0 atom stereocenters. The molecule has 0 radical (unpaired) electrons. The molecule has 3 aromatic heterocycles. The van der Waals surface area contributed by atoms with Gasteiger partial charge in [0.05, 0.1) is 11.4 Å². The number of aromatic nitrogens is 7. The molecule has 0 spiro atoms. The number of hydrogen-bond donors (Lipinski definition) is 2. The second-order valence-corrected chi connectivity index (χ2v) is 6.12. The van der Waals surface area contributed by atoms with Gasteiger partial charge in [0.25, 0.3) is 0 Å². The van der Waals surface area contributed by atoms with Gasteiger partial charge in [0.2, 0.25) is 10.3 Å². The fraction of sp³-hybridized carbons (Fsp3) is 0.182. The minimum Gasteiger partial charge on any atom is -0.336 e. The predicted molar refractivity (Wildman–Crippen MR) is 83.7 cm³/mol. The number of nitrogen functional groups attached to an aromatic ring is 2. The first-order valence-corrected chi connectivity index (χ1v) is 8.20. The van der Waals surface area contributed by atoms with Crippen LogP contribution < -0.4 is 11.7 Å². The number of rotatable bonds is 6. The van der Waals surface area contributed by atoms with Crippen LogP contribution in [0.1, 0.15) is 11.4 Å². The summed E-state index contributed by atoms with van der Waals surface area (Å²) >= 11 is 2.96. The summed E-state index contributed by atoms with van der Waals surface area (Å²) in [6.07, 6.45) is 2.93. The van der Waals surface area contributed by atoms with Crippen molar-refractivity contribution in [3.63, 3.8) is 0 Å². The van der Waals surface area contributed by atoms with Gasteiger partial charge in [0.1, 0.15) is 12.7 Å². The number of nitrogens with two attached hydrogens (primary N) is 2. The molecule has 3 aromatic rings. The van der Waals surface area contributed by atoms with E-state index in [2.05, 4.69) is 25.4 Å². The quantitative estimate of drug-likeness (QED) is 0.482. The van der Waals surface area contributed by atoms with Gasteiger partial charge < -0.3 is 11.7 Å². The van der Waals surface area contributed by atoms with E-state index in [0.717, 1.165) is 11.4 Å². The van der Waals surface area contributed by atoms with Crippen LogP contribution in [0.4, 0.5) is 0 Å². The monoisotopic (exact) mass is 335 g/mol. The zero-order valence-corrected chi connectivity index (χ0v) is 13.0. The maximum absolute atomic E-state index is 5.67. The van der Waals surface area contributed by atoms with Crippen LogP contribution in [-0.2, 0) is 11.5 Å². The summed E-state index contributed by atoms with van der Waals surface area (Å²) in [6.45, 7) is 0. The highest BCUT2D eigenvalue weighted by atomic mass is 32.2. The van der Waals surface area contributed by atoms with Crippen molar-refractivity contribution in [1.29, 1.82) is 0 Å². The van der Waals surface area contributed by atoms with Crippen molar-refractivity contribution in [2.24, 2.45) is 0 Å². The van der Waals surface area contributed by atoms with E-state index in [9.17, 15) is 0 Å². The topological polar surface area (TPSA) is 126 Å². The summed E-state index contributed by atoms with van der Waals surface area (Å²) in [5.74, 6) is 12.7. The highest BCUT2D eigenvalue weighted by molar-refractivity contribution is 7.98. The molecule has 0 aliphatic carbocycles. The highest BCUT2D eigenvalue weighted by Gasteiger charge is 2.06. The van der Waals surface area contributed by atoms with Crippen molar-refractivity contribution in [3.8, 4) is 0 Å². The lowest BCUT2D eigenvalue weighted by Crippen LogP contribution is -2.08. The Labute approximate surface area is 134 Å². The summed E-state index contributed by atoms with van der Waals surface area (Å²) < 4.78 is 2.77. The van der Waals surface area contributed by atoms with Gasteiger partial charge >= 0.3 is 0 Å². The summed E-state index contributed by atoms with van der Waals surface area (Å²) in [6, 6.07) is 5.90. The lowest BCUT2D eigenvalue weighted by molar-refractivity contribution is 0.844. The Morgan fingerprint density at radius 3 is 1.77 bits per heavy atom. The van der Waals surface area contributed by atoms with E-state index >= 15 is 0 Å². The van der Waals surface area contributed by atoms with Crippen LogP contribution in [0.3, 0.4) is 0 Å². The zero-order chi connectivity index (χ0) is 15.4. The van der Waals surface area contributed by atoms with Crippen molar-refractivity contribution < 1.29 is 0 Å². The maximum Gasteiger partial charge on any atom is 0.209 e. The van der Waals surface area contributed by atoms with Crippen LogP contribution in [0.15, 0.2) is 41.2 Å². The molecule has 0 saturated heterocycles. The predicted octanol–water partition coefficient (Wildman–Crippen LogP) is 0.277. The molecule has 0 saturated carbocycles. The first-order chi connectivity index (χ1) is 10.7. The van der Waals surface area contributed by atoms with E-state index in [0.29, 0.717) is 21.8 Å². The molecule has 0 bridgehead atoms. The molecule has 3 rings (SSSR count). The van der Waals surface area contributed by atoms with Crippen LogP contribution in [0.5, 0.6) is 0 Å². The van der Waals surface area contributed by atoms with E-state index in [1.165, 1.54) is 45.5 Å². The second kappa shape index (κ2) is 6.66. The lowest BCUT2D eigenvalue weighted by atomic mass is 10.3. The molecule has 114 valence electrons. The third-order valence-electron chi connectivity index (χ3n) is 2.64. The summed E-state index contributed by atoms with van der Waals surface area (Å²) in [5.41, 5.74) is 1.89. The van der Waals surface area contributed by atoms with Crippen LogP contribution in [-0.4, -0.2) is 34.7 Å². The molecule has 11 heteroatoms. The Balaban J connectivity index is 1.60. The van der Waals surface area contributed by atoms with Gasteiger partial charge in [-0.3, -0.25) is 4.98 Å². The van der Waals surface area contributed by atoms with Crippen molar-refractivity contribution >= 4 is 23.5 Å². The van der Waals surface area contributed by atoms with E-state index in [-0.39, 0.29) is 0 Å². The summed E-state index contributed by atoms with van der Waals surface area (Å²) in [4.78, 5) is 4.59. The standard InChI is InChI=1S/C11H13N9S2/c12-19-6-14-17-10(19)21-4-8-2-1-3-9(16-8)5-22-11-18-15-7-20(11)13/h1-3,6-7H,4-5,12-13H2. The first kappa shape index (κ1) is 14.7. The van der Waals surface area contributed by atoms with Crippen LogP contribution in [0.2, 0.25) is 0 Å². The Morgan fingerprint density at radius 1 is 0.864 bits per heavy atom. The van der Waals surface area contributed by atoms with E-state index < -0.39 is 0 Å². The lowest BCUT2D eigenvalue weighted by Gasteiger charge is -2.04. The van der Waals surface area contributed by atoms with Gasteiger partial charge in [0.15, 0.2) is 0 Å². The van der Waals surface area contributed by atoms with Crippen LogP contribution in [0, 0.1) is 0 Å². The Hall–Kier alpha value is -2.27. The third-order valence-corrected chi connectivity index (χ3v) is 4.62. The molecular weight excluding hydrogens is 322 g/mol. The fourth-order valence-corrected chi connectivity index (χ4v) is 3.12. The number of nitrogens with zero attached hydrogens (tertiary/aromatic N) is 7. The Kier molecular flexibility index (Phi) is 4.44. The van der Waals surface area contributed by atoms with Gasteiger partial charge in [-0.25, -0.2) is 9.35 Å². The second-order valence-electron chi connectivity index (χ2n) is 4.24. The molecule has 0 aliphatic heterocycles. The van der Waals surface area contributed by atoms with E-state index in [4.69, 9.17) is 11.7 Å². The Bertz CT molecular complexity index is 694. The molecule has 4 N–H and O–H groups in total. The van der Waals surface area contributed by atoms with Crippen LogP contribution >= 0.6 is 23.5 Å². The SMILES string of the molecule is Nn1cnnc1SCc1cccc(CSc2nncn2N)n1. The average molecular weight is 335 g/mol. The van der Waals surface area contributed by atoms with Crippen molar-refractivity contribution in [2.45, 2.75) is 21.8 Å². The van der Waals surface area contributed by atoms with Crippen LogP contribution in [0.25, 0.3) is 0 Å². The zero-order valence-electron chi connectivity index (χ0n) is 11.4. The molecule has 0 unspecified atom stereocenters. The average Bonchev–Trinajstić information content (AvgIpc) is 3.12. The smallest absolute Gasteiger partial charge is 0.209 e. The van der Waals surface area contributed by atoms with Gasteiger partial charge in [0, 0.05) is 11.5 Å². The van der Waals surface area contributed by atoms with Crippen molar-refractivity contribution in [2.75, 3.05) is 11.7 Å². The van der Waals surface area contributed by atoms with E-state index in [1.807, 2.05) is 18.2 Å². The molecule has 3 heterocycles. The normalized spacial score (nSPS) is 10.9. The summed E-state index contributed by atoms with van der Waals surface area (Å²) in [7, 11) is 0. The molecular formula is C11H13N9S2. The van der Waals surface area contributed by atoms with Gasteiger partial charge in [-0.15, -0.1) is 20.4 Å². The highest BCUT2D eigenvalue weighted by Crippen LogP contribution is 2.21. The minimum atomic E-state index is 0.651. The van der Waals surface area contributed by atoms with Gasteiger partial charge in [-0.2, -0.15) is 0 Å². The molecule has 0 aromatic carbocycles. The molecule has 0 aliphatic rings.